The van der Waals surface area contributed by atoms with Crippen molar-refractivity contribution in [1.82, 2.24) is 10.7 Å². The van der Waals surface area contributed by atoms with Crippen molar-refractivity contribution < 1.29 is 14.3 Å². The van der Waals surface area contributed by atoms with Gasteiger partial charge in [0, 0.05) is 21.5 Å². The number of carbonyl (C=O) groups is 2. The zero-order chi connectivity index (χ0) is 27.3. The number of benzene rings is 4. The maximum absolute atomic E-state index is 13.1. The van der Waals surface area contributed by atoms with Crippen LogP contribution in [0.4, 0.5) is 0 Å². The van der Waals surface area contributed by atoms with Crippen LogP contribution in [0.1, 0.15) is 27.0 Å². The van der Waals surface area contributed by atoms with Crippen molar-refractivity contribution in [3.8, 4) is 5.75 Å². The predicted molar refractivity (Wildman–Crippen MR) is 161 cm³/mol. The van der Waals surface area contributed by atoms with Crippen molar-refractivity contribution in [2.75, 3.05) is 5.75 Å². The SMILES string of the molecule is O=C(NC(CSCc1ccccc1)C(=O)N/N=C/c1ccccc1OCc1ccccc1)c1ccccc1Br. The molecule has 0 aliphatic heterocycles. The molecule has 4 aromatic carbocycles. The molecule has 2 N–H and O–H groups in total. The van der Waals surface area contributed by atoms with E-state index in [9.17, 15) is 9.59 Å². The average molecular weight is 603 g/mol. The van der Waals surface area contributed by atoms with Crippen molar-refractivity contribution in [2.45, 2.75) is 18.4 Å². The zero-order valence-electron chi connectivity index (χ0n) is 21.1. The van der Waals surface area contributed by atoms with Crippen molar-refractivity contribution in [2.24, 2.45) is 5.10 Å². The Morgan fingerprint density at radius 1 is 0.846 bits per heavy atom. The minimum absolute atomic E-state index is 0.341. The van der Waals surface area contributed by atoms with Gasteiger partial charge in [-0.15, -0.1) is 0 Å². The Balaban J connectivity index is 1.40. The van der Waals surface area contributed by atoms with Crippen molar-refractivity contribution in [3.63, 3.8) is 0 Å². The first-order chi connectivity index (χ1) is 19.1. The fourth-order valence-corrected chi connectivity index (χ4v) is 5.11. The fraction of sp³-hybridized carbons (Fsp3) is 0.129. The molecule has 0 spiro atoms. The van der Waals surface area contributed by atoms with Crippen LogP contribution in [0.2, 0.25) is 0 Å². The number of nitrogens with zero attached hydrogens (tertiary/aromatic N) is 1. The molecule has 39 heavy (non-hydrogen) atoms. The second kappa shape index (κ2) is 14.9. The first-order valence-corrected chi connectivity index (χ1v) is 14.3. The largest absolute Gasteiger partial charge is 0.488 e. The molecule has 0 aliphatic carbocycles. The third-order valence-electron chi connectivity index (χ3n) is 5.67. The summed E-state index contributed by atoms with van der Waals surface area (Å²) in [5.74, 6) is 0.992. The van der Waals surface area contributed by atoms with Gasteiger partial charge in [-0.2, -0.15) is 16.9 Å². The van der Waals surface area contributed by atoms with E-state index in [1.165, 1.54) is 0 Å². The third-order valence-corrected chi connectivity index (χ3v) is 7.47. The highest BCUT2D eigenvalue weighted by molar-refractivity contribution is 9.10. The Bertz CT molecular complexity index is 1400. The number of hydrogen-bond acceptors (Lipinski definition) is 5. The van der Waals surface area contributed by atoms with Gasteiger partial charge in [0.1, 0.15) is 18.4 Å². The second-order valence-corrected chi connectivity index (χ2v) is 10.4. The number of rotatable bonds is 12. The quantitative estimate of drug-likeness (QED) is 0.149. The topological polar surface area (TPSA) is 79.8 Å². The van der Waals surface area contributed by atoms with E-state index < -0.39 is 11.9 Å². The highest BCUT2D eigenvalue weighted by Gasteiger charge is 2.22. The third kappa shape index (κ3) is 8.84. The predicted octanol–water partition coefficient (Wildman–Crippen LogP) is 6.21. The number of halogens is 1. The molecule has 4 rings (SSSR count). The van der Waals surface area contributed by atoms with E-state index in [1.807, 2.05) is 91.0 Å². The van der Waals surface area contributed by atoms with Crippen LogP contribution in [0.15, 0.2) is 119 Å². The van der Waals surface area contributed by atoms with Crippen LogP contribution in [-0.2, 0) is 17.2 Å². The summed E-state index contributed by atoms with van der Waals surface area (Å²) in [5, 5.41) is 7.03. The first kappa shape index (κ1) is 28.1. The maximum Gasteiger partial charge on any atom is 0.263 e. The van der Waals surface area contributed by atoms with Crippen LogP contribution < -0.4 is 15.5 Å². The molecule has 6 nitrogen and oxygen atoms in total. The lowest BCUT2D eigenvalue weighted by Crippen LogP contribution is -2.47. The lowest BCUT2D eigenvalue weighted by Gasteiger charge is -2.17. The minimum Gasteiger partial charge on any atom is -0.488 e. The summed E-state index contributed by atoms with van der Waals surface area (Å²) in [6, 6.07) is 33.6. The molecule has 0 saturated heterocycles. The van der Waals surface area contributed by atoms with Gasteiger partial charge in [-0.25, -0.2) is 5.43 Å². The average Bonchev–Trinajstić information content (AvgIpc) is 2.97. The Kier molecular flexibility index (Phi) is 10.7. The number of nitrogens with one attached hydrogen (secondary N) is 2. The Hall–Kier alpha value is -3.88. The monoisotopic (exact) mass is 601 g/mol. The summed E-state index contributed by atoms with van der Waals surface area (Å²) in [6.07, 6.45) is 1.54. The number of thioether (sulfide) groups is 1. The summed E-state index contributed by atoms with van der Waals surface area (Å²) in [4.78, 5) is 26.1. The molecule has 0 heterocycles. The van der Waals surface area contributed by atoms with Gasteiger partial charge >= 0.3 is 0 Å². The van der Waals surface area contributed by atoms with Crippen LogP contribution in [0.25, 0.3) is 0 Å². The molecule has 198 valence electrons. The van der Waals surface area contributed by atoms with Crippen LogP contribution >= 0.6 is 27.7 Å². The highest BCUT2D eigenvalue weighted by Crippen LogP contribution is 2.19. The van der Waals surface area contributed by atoms with E-state index in [-0.39, 0.29) is 5.91 Å². The summed E-state index contributed by atoms with van der Waals surface area (Å²) in [6.45, 7) is 0.417. The number of carbonyl (C=O) groups excluding carboxylic acids is 2. The van der Waals surface area contributed by atoms with Gasteiger partial charge in [0.15, 0.2) is 0 Å². The second-order valence-electron chi connectivity index (χ2n) is 8.55. The molecule has 0 saturated carbocycles. The number of para-hydroxylation sites is 1. The normalized spacial score (nSPS) is 11.6. The molecule has 0 aliphatic rings. The van der Waals surface area contributed by atoms with Crippen molar-refractivity contribution >= 4 is 45.7 Å². The summed E-state index contributed by atoms with van der Waals surface area (Å²) < 4.78 is 6.62. The van der Waals surface area contributed by atoms with Crippen LogP contribution in [-0.4, -0.2) is 29.8 Å². The molecular formula is C31H28BrN3O3S. The number of hydrazone groups is 1. The van der Waals surface area contributed by atoms with Gasteiger partial charge in [-0.3, -0.25) is 9.59 Å². The molecule has 8 heteroatoms. The van der Waals surface area contributed by atoms with Crippen LogP contribution in [0.5, 0.6) is 5.75 Å². The van der Waals surface area contributed by atoms with Crippen molar-refractivity contribution in [3.05, 3.63) is 136 Å². The van der Waals surface area contributed by atoms with Gasteiger partial charge in [0.2, 0.25) is 0 Å². The molecule has 1 unspecified atom stereocenters. The van der Waals surface area contributed by atoms with E-state index in [0.717, 1.165) is 16.7 Å². The molecule has 0 bridgehead atoms. The van der Waals surface area contributed by atoms with E-state index in [1.54, 1.807) is 36.2 Å². The van der Waals surface area contributed by atoms with E-state index >= 15 is 0 Å². The smallest absolute Gasteiger partial charge is 0.263 e. The van der Waals surface area contributed by atoms with Crippen LogP contribution in [0.3, 0.4) is 0 Å². The summed E-state index contributed by atoms with van der Waals surface area (Å²) in [5.41, 5.74) is 5.96. The molecule has 0 fully saturated rings. The van der Waals surface area contributed by atoms with Gasteiger partial charge in [-0.05, 0) is 51.3 Å². The zero-order valence-corrected chi connectivity index (χ0v) is 23.5. The molecule has 1 atom stereocenters. The van der Waals surface area contributed by atoms with E-state index in [4.69, 9.17) is 4.74 Å². The maximum atomic E-state index is 13.1. The number of hydrogen-bond donors (Lipinski definition) is 2. The first-order valence-electron chi connectivity index (χ1n) is 12.4. The lowest BCUT2D eigenvalue weighted by molar-refractivity contribution is -0.122. The van der Waals surface area contributed by atoms with Gasteiger partial charge in [0.25, 0.3) is 11.8 Å². The molecule has 0 aromatic heterocycles. The van der Waals surface area contributed by atoms with Crippen LogP contribution in [0, 0.1) is 0 Å². The molecular weight excluding hydrogens is 574 g/mol. The standard InChI is InChI=1S/C31H28BrN3O3S/c32-27-17-9-8-16-26(27)30(36)34-28(22-39-21-24-13-5-2-6-14-24)31(37)35-33-19-25-15-7-10-18-29(25)38-20-23-11-3-1-4-12-23/h1-19,28H,20-22H2,(H,34,36)(H,35,37)/b33-19+. The van der Waals surface area contributed by atoms with E-state index in [2.05, 4.69) is 31.8 Å². The van der Waals surface area contributed by atoms with Gasteiger partial charge in [-0.1, -0.05) is 84.9 Å². The van der Waals surface area contributed by atoms with Gasteiger partial charge < -0.3 is 10.1 Å². The Morgan fingerprint density at radius 2 is 1.49 bits per heavy atom. The molecule has 0 radical (unpaired) electrons. The van der Waals surface area contributed by atoms with Gasteiger partial charge in [0.05, 0.1) is 11.8 Å². The lowest BCUT2D eigenvalue weighted by atomic mass is 10.2. The minimum atomic E-state index is -0.792. The van der Waals surface area contributed by atoms with Crippen molar-refractivity contribution in [1.29, 1.82) is 0 Å². The summed E-state index contributed by atoms with van der Waals surface area (Å²) >= 11 is 4.97. The highest BCUT2D eigenvalue weighted by atomic mass is 79.9. The summed E-state index contributed by atoms with van der Waals surface area (Å²) in [7, 11) is 0. The fourth-order valence-electron chi connectivity index (χ4n) is 3.63. The number of ether oxygens (including phenoxy) is 1. The van der Waals surface area contributed by atoms with E-state index in [0.29, 0.717) is 33.9 Å². The number of amides is 2. The Labute approximate surface area is 241 Å². The molecule has 2 amide bonds. The Morgan fingerprint density at radius 3 is 2.23 bits per heavy atom. The molecule has 4 aromatic rings.